The normalized spacial score (nSPS) is 26.7. The van der Waals surface area contributed by atoms with Crippen LogP contribution in [-0.2, 0) is 12.8 Å². The number of carbonyl (C=O) groups is 1. The highest BCUT2D eigenvalue weighted by Gasteiger charge is 2.37. The molecule has 1 aromatic heterocycles. The van der Waals surface area contributed by atoms with Crippen molar-refractivity contribution < 1.29 is 9.90 Å². The SMILES string of the molecule is CC1(C)CCc2sc([C@@H]3CCCC[C@@H]3CNN)c(C(=O)O)c2C1. The van der Waals surface area contributed by atoms with E-state index in [1.807, 2.05) is 0 Å². The van der Waals surface area contributed by atoms with E-state index >= 15 is 0 Å². The van der Waals surface area contributed by atoms with Gasteiger partial charge in [0, 0.05) is 16.3 Å². The van der Waals surface area contributed by atoms with Crippen molar-refractivity contribution in [2.24, 2.45) is 17.2 Å². The molecule has 0 amide bonds. The number of aromatic carboxylic acids is 1. The number of thiophene rings is 1. The number of hydrazine groups is 1. The molecule has 0 radical (unpaired) electrons. The molecule has 0 bridgehead atoms. The third kappa shape index (κ3) is 3.32. The molecule has 2 aliphatic rings. The number of carboxylic acid groups (broad SMARTS) is 1. The Kier molecular flexibility index (Phi) is 4.81. The molecule has 0 saturated heterocycles. The molecule has 128 valence electrons. The minimum atomic E-state index is -0.736. The van der Waals surface area contributed by atoms with E-state index in [4.69, 9.17) is 5.84 Å². The smallest absolute Gasteiger partial charge is 0.337 e. The van der Waals surface area contributed by atoms with Gasteiger partial charge in [0.25, 0.3) is 0 Å². The van der Waals surface area contributed by atoms with Crippen LogP contribution >= 0.6 is 11.3 Å². The van der Waals surface area contributed by atoms with E-state index < -0.39 is 5.97 Å². The molecule has 1 heterocycles. The molecule has 2 atom stereocenters. The summed E-state index contributed by atoms with van der Waals surface area (Å²) in [6.07, 6.45) is 7.73. The lowest BCUT2D eigenvalue weighted by Crippen LogP contribution is -2.33. The molecule has 2 aliphatic carbocycles. The van der Waals surface area contributed by atoms with Gasteiger partial charge in [-0.1, -0.05) is 26.7 Å². The fraction of sp³-hybridized carbons (Fsp3) is 0.722. The van der Waals surface area contributed by atoms with Gasteiger partial charge < -0.3 is 5.11 Å². The van der Waals surface area contributed by atoms with Gasteiger partial charge in [0.05, 0.1) is 5.56 Å². The number of nitrogens with one attached hydrogen (secondary N) is 1. The van der Waals surface area contributed by atoms with E-state index in [0.29, 0.717) is 17.4 Å². The van der Waals surface area contributed by atoms with Crippen molar-refractivity contribution in [3.63, 3.8) is 0 Å². The predicted octanol–water partition coefficient (Wildman–Crippen LogP) is 3.70. The minimum absolute atomic E-state index is 0.209. The molecule has 1 fully saturated rings. The summed E-state index contributed by atoms with van der Waals surface area (Å²) in [5.41, 5.74) is 4.78. The molecule has 1 aromatic rings. The zero-order valence-corrected chi connectivity index (χ0v) is 15.0. The number of hydrogen-bond donors (Lipinski definition) is 3. The molecule has 5 heteroatoms. The molecule has 0 spiro atoms. The fourth-order valence-electron chi connectivity index (χ4n) is 4.39. The summed E-state index contributed by atoms with van der Waals surface area (Å²) in [6.45, 7) is 5.28. The van der Waals surface area contributed by atoms with Crippen molar-refractivity contribution in [3.05, 3.63) is 20.9 Å². The van der Waals surface area contributed by atoms with E-state index in [0.717, 1.165) is 49.1 Å². The standard InChI is InChI=1S/C18H28N2O2S/c1-18(2)8-7-14-13(9-18)15(17(21)22)16(23-14)12-6-4-3-5-11(12)10-20-19/h11-12,20H,3-10,19H2,1-2H3,(H,21,22)/t11-,12-/m1/s1. The van der Waals surface area contributed by atoms with Crippen LogP contribution in [0.4, 0.5) is 0 Å². The van der Waals surface area contributed by atoms with Crippen LogP contribution in [0.5, 0.6) is 0 Å². The molecule has 0 aromatic carbocycles. The van der Waals surface area contributed by atoms with Gasteiger partial charge in [-0.15, -0.1) is 11.3 Å². The van der Waals surface area contributed by atoms with Crippen molar-refractivity contribution in [3.8, 4) is 0 Å². The summed E-state index contributed by atoms with van der Waals surface area (Å²) in [7, 11) is 0. The topological polar surface area (TPSA) is 75.3 Å². The monoisotopic (exact) mass is 336 g/mol. The van der Waals surface area contributed by atoms with Gasteiger partial charge in [-0.25, -0.2) is 4.79 Å². The Bertz CT molecular complexity index is 592. The largest absolute Gasteiger partial charge is 0.478 e. The first-order valence-electron chi connectivity index (χ1n) is 8.74. The Balaban J connectivity index is 2.02. The number of carboxylic acids is 1. The fourth-order valence-corrected chi connectivity index (χ4v) is 5.93. The Hall–Kier alpha value is -0.910. The maximum Gasteiger partial charge on any atom is 0.337 e. The zero-order chi connectivity index (χ0) is 16.6. The number of aryl methyl sites for hydroxylation is 1. The Labute approximate surface area is 142 Å². The average molecular weight is 337 g/mol. The molecule has 0 unspecified atom stereocenters. The highest BCUT2D eigenvalue weighted by atomic mass is 32.1. The number of nitrogens with two attached hydrogens (primary N) is 1. The number of fused-ring (bicyclic) bond motifs is 1. The van der Waals surface area contributed by atoms with Crippen LogP contribution < -0.4 is 11.3 Å². The van der Waals surface area contributed by atoms with Crippen molar-refractivity contribution in [1.29, 1.82) is 0 Å². The van der Waals surface area contributed by atoms with E-state index in [-0.39, 0.29) is 5.41 Å². The van der Waals surface area contributed by atoms with Crippen LogP contribution in [0.25, 0.3) is 0 Å². The van der Waals surface area contributed by atoms with Gasteiger partial charge in [0.15, 0.2) is 0 Å². The van der Waals surface area contributed by atoms with E-state index in [1.54, 1.807) is 11.3 Å². The molecular formula is C18H28N2O2S. The molecule has 4 nitrogen and oxygen atoms in total. The Morgan fingerprint density at radius 2 is 2.13 bits per heavy atom. The van der Waals surface area contributed by atoms with Crippen LogP contribution in [0.2, 0.25) is 0 Å². The van der Waals surface area contributed by atoms with Crippen LogP contribution in [0.1, 0.15) is 77.5 Å². The van der Waals surface area contributed by atoms with E-state index in [2.05, 4.69) is 19.3 Å². The highest BCUT2D eigenvalue weighted by Crippen LogP contribution is 2.48. The second-order valence-electron chi connectivity index (χ2n) is 7.95. The lowest BCUT2D eigenvalue weighted by molar-refractivity contribution is 0.0692. The first-order chi connectivity index (χ1) is 10.9. The Morgan fingerprint density at radius 3 is 2.83 bits per heavy atom. The molecule has 23 heavy (non-hydrogen) atoms. The summed E-state index contributed by atoms with van der Waals surface area (Å²) in [5, 5.41) is 9.89. The van der Waals surface area contributed by atoms with Crippen molar-refractivity contribution in [2.45, 2.75) is 64.7 Å². The molecule has 4 N–H and O–H groups in total. The van der Waals surface area contributed by atoms with Crippen LogP contribution in [-0.4, -0.2) is 17.6 Å². The highest BCUT2D eigenvalue weighted by molar-refractivity contribution is 7.12. The third-order valence-electron chi connectivity index (χ3n) is 5.64. The molecule has 0 aliphatic heterocycles. The quantitative estimate of drug-likeness (QED) is 0.579. The minimum Gasteiger partial charge on any atom is -0.478 e. The van der Waals surface area contributed by atoms with Crippen molar-refractivity contribution in [2.75, 3.05) is 6.54 Å². The molecule has 3 rings (SSSR count). The first-order valence-corrected chi connectivity index (χ1v) is 9.56. The predicted molar refractivity (Wildman–Crippen MR) is 94.0 cm³/mol. The summed E-state index contributed by atoms with van der Waals surface area (Å²) < 4.78 is 0. The van der Waals surface area contributed by atoms with Crippen LogP contribution in [0.15, 0.2) is 0 Å². The summed E-state index contributed by atoms with van der Waals surface area (Å²) >= 11 is 1.78. The number of rotatable bonds is 4. The van der Waals surface area contributed by atoms with Gasteiger partial charge in [-0.05, 0) is 54.9 Å². The van der Waals surface area contributed by atoms with Gasteiger partial charge >= 0.3 is 5.97 Å². The maximum absolute atomic E-state index is 12.0. The van der Waals surface area contributed by atoms with E-state index in [1.165, 1.54) is 17.7 Å². The Morgan fingerprint density at radius 1 is 1.39 bits per heavy atom. The van der Waals surface area contributed by atoms with Gasteiger partial charge in [-0.3, -0.25) is 11.3 Å². The summed E-state index contributed by atoms with van der Waals surface area (Å²) in [5.74, 6) is 5.64. The van der Waals surface area contributed by atoms with Gasteiger partial charge in [-0.2, -0.15) is 0 Å². The van der Waals surface area contributed by atoms with E-state index in [9.17, 15) is 9.90 Å². The summed E-state index contributed by atoms with van der Waals surface area (Å²) in [6, 6.07) is 0. The third-order valence-corrected chi connectivity index (χ3v) is 7.07. The lowest BCUT2D eigenvalue weighted by atomic mass is 9.74. The van der Waals surface area contributed by atoms with Gasteiger partial charge in [0.1, 0.15) is 0 Å². The van der Waals surface area contributed by atoms with Crippen molar-refractivity contribution in [1.82, 2.24) is 5.43 Å². The number of hydrogen-bond acceptors (Lipinski definition) is 4. The maximum atomic E-state index is 12.0. The van der Waals surface area contributed by atoms with Crippen LogP contribution in [0, 0.1) is 11.3 Å². The summed E-state index contributed by atoms with van der Waals surface area (Å²) in [4.78, 5) is 14.5. The van der Waals surface area contributed by atoms with Gasteiger partial charge in [0.2, 0.25) is 0 Å². The molecule has 1 saturated carbocycles. The first kappa shape index (κ1) is 16.9. The van der Waals surface area contributed by atoms with Crippen LogP contribution in [0.3, 0.4) is 0 Å². The second kappa shape index (κ2) is 6.54. The second-order valence-corrected chi connectivity index (χ2v) is 9.09. The average Bonchev–Trinajstić information content (AvgIpc) is 2.85. The molecular weight excluding hydrogens is 308 g/mol. The van der Waals surface area contributed by atoms with Crippen molar-refractivity contribution >= 4 is 17.3 Å². The lowest BCUT2D eigenvalue weighted by Gasteiger charge is -2.31. The zero-order valence-electron chi connectivity index (χ0n) is 14.2.